The van der Waals surface area contributed by atoms with Crippen LogP contribution >= 0.6 is 11.3 Å². The number of carbonyl (C=O) groups is 1. The second-order valence-corrected chi connectivity index (χ2v) is 4.57. The average molecular weight is 242 g/mol. The molecule has 0 bridgehead atoms. The largest absolute Gasteiger partial charge is 0.469 e. The van der Waals surface area contributed by atoms with E-state index in [1.807, 2.05) is 12.3 Å². The summed E-state index contributed by atoms with van der Waals surface area (Å²) in [6.45, 7) is 4.87. The lowest BCUT2D eigenvalue weighted by molar-refractivity contribution is -0.140. The lowest BCUT2D eigenvalue weighted by Gasteiger charge is -2.10. The molecule has 0 radical (unpaired) electrons. The number of carbonyl (C=O) groups excluding carboxylic acids is 1. The van der Waals surface area contributed by atoms with Crippen LogP contribution in [0.3, 0.4) is 0 Å². The number of hydrogen-bond donors (Lipinski definition) is 1. The predicted octanol–water partition coefficient (Wildman–Crippen LogP) is 2.06. The van der Waals surface area contributed by atoms with Gasteiger partial charge in [-0.05, 0) is 26.8 Å². The maximum absolute atomic E-state index is 10.9. The van der Waals surface area contributed by atoms with Gasteiger partial charge in [0, 0.05) is 17.5 Å². The summed E-state index contributed by atoms with van der Waals surface area (Å²) in [5.74, 6) is -0.153. The third-order valence-corrected chi connectivity index (χ3v) is 3.39. The summed E-state index contributed by atoms with van der Waals surface area (Å²) in [6.07, 6.45) is 1.26. The Bertz CT molecular complexity index is 338. The number of hydrogen-bond acceptors (Lipinski definition) is 5. The molecule has 1 unspecified atom stereocenters. The zero-order valence-electron chi connectivity index (χ0n) is 9.95. The molecule has 1 aromatic heterocycles. The number of thiazole rings is 1. The number of rotatable bonds is 6. The first kappa shape index (κ1) is 13.1. The molecule has 1 heterocycles. The number of methoxy groups -OCH3 is 1. The summed E-state index contributed by atoms with van der Waals surface area (Å²) in [5.41, 5.74) is 1.06. The van der Waals surface area contributed by atoms with Gasteiger partial charge in [0.15, 0.2) is 0 Å². The lowest BCUT2D eigenvalue weighted by atomic mass is 10.3. The van der Waals surface area contributed by atoms with Crippen LogP contribution in [0.15, 0.2) is 5.38 Å². The molecule has 0 fully saturated rings. The van der Waals surface area contributed by atoms with Crippen LogP contribution in [0, 0.1) is 6.92 Å². The van der Waals surface area contributed by atoms with Crippen molar-refractivity contribution >= 4 is 17.3 Å². The highest BCUT2D eigenvalue weighted by Gasteiger charge is 2.08. The molecule has 1 rings (SSSR count). The molecular formula is C11H18N2O2S. The van der Waals surface area contributed by atoms with Gasteiger partial charge in [0.1, 0.15) is 5.01 Å². The molecule has 0 aliphatic rings. The second-order valence-electron chi connectivity index (χ2n) is 3.68. The molecule has 0 aliphatic carbocycles. The summed E-state index contributed by atoms with van der Waals surface area (Å²) < 4.78 is 4.57. The molecule has 0 saturated heterocycles. The summed E-state index contributed by atoms with van der Waals surface area (Å²) >= 11 is 1.66. The first-order chi connectivity index (χ1) is 7.63. The van der Waals surface area contributed by atoms with Crippen molar-refractivity contribution < 1.29 is 9.53 Å². The van der Waals surface area contributed by atoms with E-state index in [1.54, 1.807) is 11.3 Å². The quantitative estimate of drug-likeness (QED) is 0.613. The van der Waals surface area contributed by atoms with Crippen molar-refractivity contribution in [2.24, 2.45) is 0 Å². The van der Waals surface area contributed by atoms with Crippen molar-refractivity contribution in [1.82, 2.24) is 10.3 Å². The van der Waals surface area contributed by atoms with Gasteiger partial charge in [-0.3, -0.25) is 4.79 Å². The van der Waals surface area contributed by atoms with Crippen LogP contribution in [0.2, 0.25) is 0 Å². The Hall–Kier alpha value is -0.940. The Morgan fingerprint density at radius 1 is 1.69 bits per heavy atom. The fourth-order valence-electron chi connectivity index (χ4n) is 1.31. The van der Waals surface area contributed by atoms with E-state index in [0.29, 0.717) is 6.42 Å². The van der Waals surface area contributed by atoms with Crippen LogP contribution in [0.25, 0.3) is 0 Å². The van der Waals surface area contributed by atoms with Crippen molar-refractivity contribution in [3.63, 3.8) is 0 Å². The molecule has 1 atom stereocenters. The average Bonchev–Trinajstić information content (AvgIpc) is 2.70. The first-order valence-corrected chi connectivity index (χ1v) is 6.23. The summed E-state index contributed by atoms with van der Waals surface area (Å²) in [5, 5.41) is 6.47. The third-order valence-electron chi connectivity index (χ3n) is 2.24. The van der Waals surface area contributed by atoms with Crippen molar-refractivity contribution in [1.29, 1.82) is 0 Å². The smallest absolute Gasteiger partial charge is 0.305 e. The van der Waals surface area contributed by atoms with E-state index in [-0.39, 0.29) is 12.0 Å². The predicted molar refractivity (Wildman–Crippen MR) is 64.5 cm³/mol. The minimum absolute atomic E-state index is 0.153. The molecule has 0 aromatic carbocycles. The topological polar surface area (TPSA) is 51.2 Å². The van der Waals surface area contributed by atoms with Crippen LogP contribution in [-0.2, 0) is 9.53 Å². The molecule has 0 aliphatic heterocycles. The van der Waals surface area contributed by atoms with Gasteiger partial charge in [-0.2, -0.15) is 0 Å². The van der Waals surface area contributed by atoms with Gasteiger partial charge < -0.3 is 10.1 Å². The fraction of sp³-hybridized carbons (Fsp3) is 0.636. The van der Waals surface area contributed by atoms with Crippen LogP contribution in [-0.4, -0.2) is 24.6 Å². The Balaban J connectivity index is 2.20. The molecule has 0 spiro atoms. The molecule has 4 nitrogen and oxygen atoms in total. The number of nitrogens with one attached hydrogen (secondary N) is 1. The SMILES string of the molecule is COC(=O)CCCNC(C)c1nc(C)cs1. The summed E-state index contributed by atoms with van der Waals surface area (Å²) in [6, 6.07) is 0.247. The molecule has 16 heavy (non-hydrogen) atoms. The molecule has 5 heteroatoms. The maximum atomic E-state index is 10.9. The highest BCUT2D eigenvalue weighted by atomic mass is 32.1. The van der Waals surface area contributed by atoms with Crippen LogP contribution < -0.4 is 5.32 Å². The van der Waals surface area contributed by atoms with E-state index in [4.69, 9.17) is 0 Å². The fourth-order valence-corrected chi connectivity index (χ4v) is 2.14. The molecule has 90 valence electrons. The van der Waals surface area contributed by atoms with Crippen molar-refractivity contribution in [2.45, 2.75) is 32.7 Å². The van der Waals surface area contributed by atoms with E-state index in [9.17, 15) is 4.79 Å². The van der Waals surface area contributed by atoms with E-state index >= 15 is 0 Å². The van der Waals surface area contributed by atoms with E-state index in [2.05, 4.69) is 22.0 Å². The first-order valence-electron chi connectivity index (χ1n) is 5.35. The van der Waals surface area contributed by atoms with Gasteiger partial charge in [-0.15, -0.1) is 11.3 Å². The molecule has 0 saturated carbocycles. The van der Waals surface area contributed by atoms with Crippen LogP contribution in [0.5, 0.6) is 0 Å². The minimum atomic E-state index is -0.153. The van der Waals surface area contributed by atoms with Crippen molar-refractivity contribution in [3.05, 3.63) is 16.1 Å². The van der Waals surface area contributed by atoms with Crippen molar-refractivity contribution in [2.75, 3.05) is 13.7 Å². The van der Waals surface area contributed by atoms with Gasteiger partial charge in [0.05, 0.1) is 13.2 Å². The number of nitrogens with zero attached hydrogens (tertiary/aromatic N) is 1. The van der Waals surface area contributed by atoms with Gasteiger partial charge in [-0.25, -0.2) is 4.98 Å². The summed E-state index contributed by atoms with van der Waals surface area (Å²) in [4.78, 5) is 15.3. The zero-order chi connectivity index (χ0) is 12.0. The van der Waals surface area contributed by atoms with Gasteiger partial charge in [0.2, 0.25) is 0 Å². The number of aryl methyl sites for hydroxylation is 1. The minimum Gasteiger partial charge on any atom is -0.469 e. The van der Waals surface area contributed by atoms with Crippen LogP contribution in [0.4, 0.5) is 0 Å². The monoisotopic (exact) mass is 242 g/mol. The molecule has 1 aromatic rings. The zero-order valence-corrected chi connectivity index (χ0v) is 10.8. The van der Waals surface area contributed by atoms with E-state index in [0.717, 1.165) is 23.7 Å². The second kappa shape index (κ2) is 6.60. The van der Waals surface area contributed by atoms with Gasteiger partial charge in [0.25, 0.3) is 0 Å². The number of ether oxygens (including phenoxy) is 1. The highest BCUT2D eigenvalue weighted by molar-refractivity contribution is 7.09. The lowest BCUT2D eigenvalue weighted by Crippen LogP contribution is -2.20. The van der Waals surface area contributed by atoms with Crippen molar-refractivity contribution in [3.8, 4) is 0 Å². The molecule has 1 N–H and O–H groups in total. The Kier molecular flexibility index (Phi) is 5.42. The Morgan fingerprint density at radius 2 is 2.44 bits per heavy atom. The Labute approximate surface area is 100 Å². The van der Waals surface area contributed by atoms with Gasteiger partial charge >= 0.3 is 5.97 Å². The number of esters is 1. The van der Waals surface area contributed by atoms with Crippen LogP contribution in [0.1, 0.15) is 36.5 Å². The third kappa shape index (κ3) is 4.28. The normalized spacial score (nSPS) is 12.4. The highest BCUT2D eigenvalue weighted by Crippen LogP contribution is 2.17. The number of aromatic nitrogens is 1. The van der Waals surface area contributed by atoms with Gasteiger partial charge in [-0.1, -0.05) is 0 Å². The Morgan fingerprint density at radius 3 is 3.00 bits per heavy atom. The standard InChI is InChI=1S/C11H18N2O2S/c1-8-7-16-11(13-8)9(2)12-6-4-5-10(14)15-3/h7,9,12H,4-6H2,1-3H3. The maximum Gasteiger partial charge on any atom is 0.305 e. The van der Waals surface area contributed by atoms with E-state index in [1.165, 1.54) is 7.11 Å². The molecular weight excluding hydrogens is 224 g/mol. The summed E-state index contributed by atoms with van der Waals surface area (Å²) in [7, 11) is 1.41. The molecule has 0 amide bonds. The van der Waals surface area contributed by atoms with E-state index < -0.39 is 0 Å².